The van der Waals surface area contributed by atoms with E-state index in [-0.39, 0.29) is 0 Å². The normalized spacial score (nSPS) is 14.6. The fraction of sp³-hybridized carbons (Fsp3) is 0.227. The molecule has 1 fully saturated rings. The maximum Gasteiger partial charge on any atom is 0.313 e. The van der Waals surface area contributed by atoms with Gasteiger partial charge in [0.1, 0.15) is 0 Å². The number of aromatic nitrogens is 2. The van der Waals surface area contributed by atoms with Gasteiger partial charge in [0.05, 0.1) is 5.69 Å². The number of hydrogen-bond acceptors (Lipinski definition) is 3. The summed E-state index contributed by atoms with van der Waals surface area (Å²) >= 11 is 12.3. The van der Waals surface area contributed by atoms with E-state index in [2.05, 4.69) is 15.7 Å². The zero-order valence-electron chi connectivity index (χ0n) is 16.1. The first-order valence-electron chi connectivity index (χ1n) is 9.62. The lowest BCUT2D eigenvalue weighted by atomic mass is 9.72. The predicted molar refractivity (Wildman–Crippen MR) is 117 cm³/mol. The van der Waals surface area contributed by atoms with Gasteiger partial charge in [0.25, 0.3) is 0 Å². The van der Waals surface area contributed by atoms with Gasteiger partial charge in [0.2, 0.25) is 0 Å². The molecule has 1 aliphatic carbocycles. The van der Waals surface area contributed by atoms with Crippen molar-refractivity contribution in [3.05, 3.63) is 76.5 Å². The lowest BCUT2D eigenvalue weighted by Crippen LogP contribution is -2.57. The van der Waals surface area contributed by atoms with Crippen molar-refractivity contribution in [1.82, 2.24) is 15.1 Å². The van der Waals surface area contributed by atoms with E-state index in [1.54, 1.807) is 47.4 Å². The van der Waals surface area contributed by atoms with Crippen molar-refractivity contribution in [2.75, 3.05) is 5.32 Å². The molecule has 0 unspecified atom stereocenters. The van der Waals surface area contributed by atoms with Crippen LogP contribution in [0.3, 0.4) is 0 Å². The highest BCUT2D eigenvalue weighted by Gasteiger charge is 2.40. The molecule has 0 radical (unpaired) electrons. The third-order valence-electron chi connectivity index (χ3n) is 5.31. The maximum absolute atomic E-state index is 12.6. The van der Waals surface area contributed by atoms with Crippen molar-refractivity contribution in [2.24, 2.45) is 0 Å². The number of hydrogen-bond donors (Lipinski definition) is 2. The van der Waals surface area contributed by atoms with Crippen LogP contribution in [0.5, 0.6) is 0 Å². The molecule has 1 heterocycles. The molecule has 1 aromatic heterocycles. The topological polar surface area (TPSA) is 76.0 Å². The van der Waals surface area contributed by atoms with Crippen LogP contribution in [0.4, 0.5) is 5.69 Å². The third-order valence-corrected chi connectivity index (χ3v) is 5.90. The lowest BCUT2D eigenvalue weighted by molar-refractivity contribution is -0.138. The van der Waals surface area contributed by atoms with E-state index in [0.717, 1.165) is 30.5 Å². The van der Waals surface area contributed by atoms with Gasteiger partial charge in [-0.1, -0.05) is 35.3 Å². The van der Waals surface area contributed by atoms with Gasteiger partial charge in [-0.2, -0.15) is 5.10 Å². The van der Waals surface area contributed by atoms with Gasteiger partial charge in [-0.25, -0.2) is 4.68 Å². The quantitative estimate of drug-likeness (QED) is 0.574. The first-order valence-corrected chi connectivity index (χ1v) is 10.4. The minimum atomic E-state index is -0.707. The van der Waals surface area contributed by atoms with Crippen molar-refractivity contribution in [3.8, 4) is 5.69 Å². The van der Waals surface area contributed by atoms with Crippen LogP contribution in [-0.4, -0.2) is 27.1 Å². The summed E-state index contributed by atoms with van der Waals surface area (Å²) in [6.45, 7) is 0. The number of rotatable bonds is 5. The van der Waals surface area contributed by atoms with Crippen molar-refractivity contribution in [2.45, 2.75) is 31.2 Å². The van der Waals surface area contributed by atoms with Gasteiger partial charge in [-0.15, -0.1) is 0 Å². The van der Waals surface area contributed by atoms with E-state index in [1.165, 1.54) is 0 Å². The zero-order chi connectivity index (χ0) is 21.1. The molecule has 2 amide bonds. The van der Waals surface area contributed by atoms with E-state index >= 15 is 0 Å². The van der Waals surface area contributed by atoms with Crippen LogP contribution in [0, 0.1) is 0 Å². The van der Waals surface area contributed by atoms with Crippen molar-refractivity contribution in [3.63, 3.8) is 0 Å². The summed E-state index contributed by atoms with van der Waals surface area (Å²) < 4.78 is 1.68. The zero-order valence-corrected chi connectivity index (χ0v) is 17.6. The van der Waals surface area contributed by atoms with E-state index in [9.17, 15) is 9.59 Å². The van der Waals surface area contributed by atoms with Gasteiger partial charge in [0, 0.05) is 33.7 Å². The van der Waals surface area contributed by atoms with Crippen LogP contribution < -0.4 is 10.6 Å². The second-order valence-corrected chi connectivity index (χ2v) is 8.30. The minimum absolute atomic E-state index is 0.469. The Kier molecular flexibility index (Phi) is 5.79. The molecule has 4 rings (SSSR count). The Balaban J connectivity index is 1.42. The molecule has 8 heteroatoms. The minimum Gasteiger partial charge on any atom is -0.342 e. The molecule has 2 N–H and O–H groups in total. The van der Waals surface area contributed by atoms with Crippen molar-refractivity contribution < 1.29 is 9.59 Å². The number of nitrogens with one attached hydrogen (secondary N) is 2. The van der Waals surface area contributed by atoms with Crippen LogP contribution in [0.15, 0.2) is 60.9 Å². The summed E-state index contributed by atoms with van der Waals surface area (Å²) in [5, 5.41) is 10.9. The van der Waals surface area contributed by atoms with Crippen LogP contribution in [0.2, 0.25) is 10.0 Å². The second-order valence-electron chi connectivity index (χ2n) is 7.46. The van der Waals surface area contributed by atoms with Gasteiger partial charge in [0.15, 0.2) is 0 Å². The molecule has 1 saturated carbocycles. The number of nitrogens with zero attached hydrogens (tertiary/aromatic N) is 2. The Morgan fingerprint density at radius 3 is 2.57 bits per heavy atom. The summed E-state index contributed by atoms with van der Waals surface area (Å²) in [5.74, 6) is -1.37. The molecule has 0 saturated heterocycles. The van der Waals surface area contributed by atoms with E-state index in [4.69, 9.17) is 23.2 Å². The van der Waals surface area contributed by atoms with Crippen molar-refractivity contribution in [1.29, 1.82) is 0 Å². The van der Waals surface area contributed by atoms with Gasteiger partial charge in [-0.3, -0.25) is 9.59 Å². The summed E-state index contributed by atoms with van der Waals surface area (Å²) in [7, 11) is 0. The van der Waals surface area contributed by atoms with Crippen molar-refractivity contribution >= 4 is 40.7 Å². The Morgan fingerprint density at radius 1 is 1.07 bits per heavy atom. The molecule has 0 atom stereocenters. The van der Waals surface area contributed by atoms with Crippen LogP contribution >= 0.6 is 23.2 Å². The van der Waals surface area contributed by atoms with Crippen LogP contribution in [0.1, 0.15) is 24.8 Å². The largest absolute Gasteiger partial charge is 0.342 e. The highest BCUT2D eigenvalue weighted by molar-refractivity contribution is 6.40. The van der Waals surface area contributed by atoms with Gasteiger partial charge >= 0.3 is 11.8 Å². The summed E-state index contributed by atoms with van der Waals surface area (Å²) in [4.78, 5) is 25.1. The number of benzene rings is 2. The third kappa shape index (κ3) is 4.50. The maximum atomic E-state index is 12.6. The van der Waals surface area contributed by atoms with Crippen LogP contribution in [-0.2, 0) is 16.0 Å². The van der Waals surface area contributed by atoms with E-state index in [0.29, 0.717) is 22.2 Å². The number of amides is 2. The highest BCUT2D eigenvalue weighted by atomic mass is 35.5. The molecule has 0 bridgehead atoms. The molecular weight excluding hydrogens is 423 g/mol. The Hall–Kier alpha value is -2.83. The SMILES string of the molecule is O=C(Nc1cccc(-n2cccn2)c1)C(=O)NC1(Cc2ccc(Cl)cc2Cl)CCC1. The standard InChI is InChI=1S/C22H20Cl2N4O2/c23-16-7-6-15(19(24)12-16)14-22(8-2-9-22)27-21(30)20(29)26-17-4-1-5-18(13-17)28-11-3-10-25-28/h1,3-7,10-13H,2,8-9,14H2,(H,26,29)(H,27,30). The number of halogens is 2. The average Bonchev–Trinajstić information content (AvgIpc) is 3.23. The number of anilines is 1. The highest BCUT2D eigenvalue weighted by Crippen LogP contribution is 2.37. The molecule has 0 aliphatic heterocycles. The monoisotopic (exact) mass is 442 g/mol. The Bertz CT molecular complexity index is 1080. The Morgan fingerprint density at radius 2 is 1.90 bits per heavy atom. The van der Waals surface area contributed by atoms with E-state index < -0.39 is 17.4 Å². The molecular formula is C22H20Cl2N4O2. The molecule has 0 spiro atoms. The first-order chi connectivity index (χ1) is 14.4. The van der Waals surface area contributed by atoms with Crippen LogP contribution in [0.25, 0.3) is 5.69 Å². The van der Waals surface area contributed by atoms with Gasteiger partial charge in [-0.05, 0) is 67.6 Å². The smallest absolute Gasteiger partial charge is 0.313 e. The molecule has 1 aliphatic rings. The number of carbonyl (C=O) groups excluding carboxylic acids is 2. The summed E-state index contributed by atoms with van der Waals surface area (Å²) in [6, 6.07) is 14.3. The molecule has 30 heavy (non-hydrogen) atoms. The van der Waals surface area contributed by atoms with E-state index in [1.807, 2.05) is 18.2 Å². The first kappa shape index (κ1) is 20.4. The molecule has 154 valence electrons. The fourth-order valence-electron chi connectivity index (χ4n) is 3.61. The predicted octanol–water partition coefficient (Wildman–Crippen LogP) is 4.40. The van der Waals surface area contributed by atoms with Gasteiger partial charge < -0.3 is 10.6 Å². The Labute approximate surface area is 184 Å². The second kappa shape index (κ2) is 8.50. The fourth-order valence-corrected chi connectivity index (χ4v) is 4.09. The average molecular weight is 443 g/mol. The molecule has 6 nitrogen and oxygen atoms in total. The lowest BCUT2D eigenvalue weighted by Gasteiger charge is -2.42. The number of carbonyl (C=O) groups is 2. The summed E-state index contributed by atoms with van der Waals surface area (Å²) in [5.41, 5.74) is 1.73. The summed E-state index contributed by atoms with van der Waals surface area (Å²) in [6.07, 6.45) is 6.59. The molecule has 2 aromatic carbocycles. The molecule has 3 aromatic rings.